The second-order valence-corrected chi connectivity index (χ2v) is 8.60. The SMILES string of the molecule is O=C(CC1CCC(F)(F)CC1)N1CCCC(c2cc(N3CCNCC3)n[nH]2)C1. The first-order chi connectivity index (χ1) is 13.5. The van der Waals surface area contributed by atoms with Crippen LogP contribution in [0.25, 0.3) is 0 Å². The van der Waals surface area contributed by atoms with Crippen molar-refractivity contribution in [3.05, 3.63) is 11.8 Å². The van der Waals surface area contributed by atoms with E-state index < -0.39 is 5.92 Å². The van der Waals surface area contributed by atoms with Crippen LogP contribution in [0.4, 0.5) is 14.6 Å². The van der Waals surface area contributed by atoms with Gasteiger partial charge in [0.15, 0.2) is 5.82 Å². The minimum Gasteiger partial charge on any atom is -0.353 e. The van der Waals surface area contributed by atoms with Gasteiger partial charge in [-0.25, -0.2) is 8.78 Å². The van der Waals surface area contributed by atoms with Gasteiger partial charge in [-0.15, -0.1) is 0 Å². The third-order valence-corrected chi connectivity index (χ3v) is 6.54. The van der Waals surface area contributed by atoms with Gasteiger partial charge in [-0.1, -0.05) is 0 Å². The topological polar surface area (TPSA) is 64.3 Å². The summed E-state index contributed by atoms with van der Waals surface area (Å²) in [6, 6.07) is 2.13. The molecule has 1 saturated carbocycles. The number of halogens is 2. The Morgan fingerprint density at radius 3 is 2.68 bits per heavy atom. The average Bonchev–Trinajstić information content (AvgIpc) is 3.21. The van der Waals surface area contributed by atoms with Crippen molar-refractivity contribution < 1.29 is 13.6 Å². The molecular weight excluding hydrogens is 364 g/mol. The molecule has 8 heteroatoms. The minimum absolute atomic E-state index is 0.0729. The summed E-state index contributed by atoms with van der Waals surface area (Å²) >= 11 is 0. The molecule has 1 unspecified atom stereocenters. The third kappa shape index (κ3) is 4.64. The van der Waals surface area contributed by atoms with Crippen LogP contribution in [0.5, 0.6) is 0 Å². The molecule has 1 amide bonds. The normalized spacial score (nSPS) is 26.4. The highest BCUT2D eigenvalue weighted by atomic mass is 19.3. The molecule has 0 bridgehead atoms. The Kier molecular flexibility index (Phi) is 5.85. The van der Waals surface area contributed by atoms with Crippen molar-refractivity contribution in [3.63, 3.8) is 0 Å². The van der Waals surface area contributed by atoms with Gasteiger partial charge in [-0.2, -0.15) is 5.10 Å². The standard InChI is InChI=1S/C20H31F2N5O/c21-20(22)5-3-15(4-6-20)12-19(28)27-9-1-2-16(14-27)17-13-18(25-24-17)26-10-7-23-8-11-26/h13,15-16,23H,1-12,14H2,(H,24,25). The van der Waals surface area contributed by atoms with Crippen LogP contribution in [0.3, 0.4) is 0 Å². The summed E-state index contributed by atoms with van der Waals surface area (Å²) in [6.45, 7) is 5.34. The van der Waals surface area contributed by atoms with E-state index in [9.17, 15) is 13.6 Å². The molecule has 0 aromatic carbocycles. The number of aromatic nitrogens is 2. The van der Waals surface area contributed by atoms with Crippen LogP contribution >= 0.6 is 0 Å². The molecule has 1 aliphatic carbocycles. The number of H-pyrrole nitrogens is 1. The van der Waals surface area contributed by atoms with Crippen molar-refractivity contribution in [2.75, 3.05) is 44.2 Å². The van der Waals surface area contributed by atoms with Gasteiger partial charge in [-0.05, 0) is 31.6 Å². The molecule has 6 nitrogen and oxygen atoms in total. The average molecular weight is 395 g/mol. The Morgan fingerprint density at radius 1 is 1.18 bits per heavy atom. The van der Waals surface area contributed by atoms with Gasteiger partial charge in [0, 0.05) is 76.2 Å². The molecule has 156 valence electrons. The van der Waals surface area contributed by atoms with E-state index in [4.69, 9.17) is 0 Å². The Morgan fingerprint density at radius 2 is 1.93 bits per heavy atom. The molecule has 1 aromatic heterocycles. The number of carbonyl (C=O) groups is 1. The first kappa shape index (κ1) is 19.6. The summed E-state index contributed by atoms with van der Waals surface area (Å²) in [5.74, 6) is -1.03. The molecule has 3 fully saturated rings. The van der Waals surface area contributed by atoms with Gasteiger partial charge < -0.3 is 15.1 Å². The summed E-state index contributed by atoms with van der Waals surface area (Å²) in [4.78, 5) is 17.0. The highest BCUT2D eigenvalue weighted by molar-refractivity contribution is 5.76. The van der Waals surface area contributed by atoms with Crippen molar-refractivity contribution in [3.8, 4) is 0 Å². The number of nitrogens with one attached hydrogen (secondary N) is 2. The molecule has 2 aliphatic heterocycles. The van der Waals surface area contributed by atoms with Gasteiger partial charge in [0.25, 0.3) is 0 Å². The smallest absolute Gasteiger partial charge is 0.248 e. The quantitative estimate of drug-likeness (QED) is 0.823. The number of likely N-dealkylation sites (tertiary alicyclic amines) is 1. The molecule has 4 rings (SSSR count). The van der Waals surface area contributed by atoms with E-state index in [0.29, 0.717) is 25.8 Å². The van der Waals surface area contributed by atoms with Crippen LogP contribution in [0, 0.1) is 5.92 Å². The lowest BCUT2D eigenvalue weighted by Crippen LogP contribution is -2.43. The lowest BCUT2D eigenvalue weighted by Gasteiger charge is -2.34. The lowest BCUT2D eigenvalue weighted by molar-refractivity contribution is -0.134. The summed E-state index contributed by atoms with van der Waals surface area (Å²) in [5.41, 5.74) is 1.10. The number of piperazine rings is 1. The van der Waals surface area contributed by atoms with Crippen LogP contribution in [0.2, 0.25) is 0 Å². The lowest BCUT2D eigenvalue weighted by atomic mass is 9.84. The van der Waals surface area contributed by atoms with E-state index in [1.807, 2.05) is 4.90 Å². The fourth-order valence-electron chi connectivity index (χ4n) is 4.73. The van der Waals surface area contributed by atoms with E-state index in [-0.39, 0.29) is 30.6 Å². The molecule has 0 spiro atoms. The van der Waals surface area contributed by atoms with E-state index >= 15 is 0 Å². The number of piperidine rings is 1. The summed E-state index contributed by atoms with van der Waals surface area (Å²) < 4.78 is 26.7. The Labute approximate surface area is 165 Å². The molecule has 2 N–H and O–H groups in total. The molecule has 28 heavy (non-hydrogen) atoms. The largest absolute Gasteiger partial charge is 0.353 e. The molecule has 3 heterocycles. The second kappa shape index (κ2) is 8.35. The number of aromatic amines is 1. The molecule has 1 atom stereocenters. The molecule has 0 radical (unpaired) electrons. The first-order valence-corrected chi connectivity index (χ1v) is 10.7. The molecule has 1 aromatic rings. The van der Waals surface area contributed by atoms with E-state index in [0.717, 1.165) is 57.1 Å². The summed E-state index contributed by atoms with van der Waals surface area (Å²) in [6.07, 6.45) is 3.21. The number of anilines is 1. The number of carbonyl (C=O) groups excluding carboxylic acids is 1. The number of hydrogen-bond acceptors (Lipinski definition) is 4. The molecule has 3 aliphatic rings. The monoisotopic (exact) mass is 395 g/mol. The van der Waals surface area contributed by atoms with Gasteiger partial charge in [0.2, 0.25) is 11.8 Å². The Hall–Kier alpha value is -1.70. The summed E-state index contributed by atoms with van der Waals surface area (Å²) in [7, 11) is 0. The van der Waals surface area contributed by atoms with Crippen molar-refractivity contribution in [2.45, 2.75) is 56.8 Å². The van der Waals surface area contributed by atoms with Crippen LogP contribution in [0.15, 0.2) is 6.07 Å². The van der Waals surface area contributed by atoms with Crippen molar-refractivity contribution >= 4 is 11.7 Å². The fourth-order valence-corrected chi connectivity index (χ4v) is 4.73. The highest BCUT2D eigenvalue weighted by Crippen LogP contribution is 2.38. The Balaban J connectivity index is 1.31. The predicted octanol–water partition coefficient (Wildman–Crippen LogP) is 2.74. The zero-order chi connectivity index (χ0) is 19.6. The number of rotatable bonds is 4. The number of hydrogen-bond donors (Lipinski definition) is 2. The minimum atomic E-state index is -2.53. The highest BCUT2D eigenvalue weighted by Gasteiger charge is 2.36. The van der Waals surface area contributed by atoms with Crippen molar-refractivity contribution in [2.24, 2.45) is 5.92 Å². The van der Waals surface area contributed by atoms with Crippen LogP contribution in [-0.2, 0) is 4.79 Å². The predicted molar refractivity (Wildman–Crippen MR) is 104 cm³/mol. The molecular formula is C20H31F2N5O. The van der Waals surface area contributed by atoms with Gasteiger partial charge >= 0.3 is 0 Å². The Bertz CT molecular complexity index is 663. The number of nitrogens with zero attached hydrogens (tertiary/aromatic N) is 3. The van der Waals surface area contributed by atoms with Crippen LogP contribution in [0.1, 0.15) is 56.6 Å². The van der Waals surface area contributed by atoms with E-state index in [1.54, 1.807) is 0 Å². The molecule has 2 saturated heterocycles. The van der Waals surface area contributed by atoms with Crippen molar-refractivity contribution in [1.29, 1.82) is 0 Å². The zero-order valence-electron chi connectivity index (χ0n) is 16.4. The number of alkyl halides is 2. The van der Waals surface area contributed by atoms with E-state index in [1.165, 1.54) is 0 Å². The second-order valence-electron chi connectivity index (χ2n) is 8.60. The van der Waals surface area contributed by atoms with Gasteiger partial charge in [-0.3, -0.25) is 9.89 Å². The number of amides is 1. The maximum absolute atomic E-state index is 13.3. The summed E-state index contributed by atoms with van der Waals surface area (Å²) in [5, 5.41) is 11.0. The van der Waals surface area contributed by atoms with Gasteiger partial charge in [0.05, 0.1) is 0 Å². The zero-order valence-corrected chi connectivity index (χ0v) is 16.4. The van der Waals surface area contributed by atoms with Gasteiger partial charge in [0.1, 0.15) is 0 Å². The van der Waals surface area contributed by atoms with Crippen molar-refractivity contribution in [1.82, 2.24) is 20.4 Å². The maximum Gasteiger partial charge on any atom is 0.248 e. The fraction of sp³-hybridized carbons (Fsp3) is 0.800. The maximum atomic E-state index is 13.3. The third-order valence-electron chi connectivity index (χ3n) is 6.54. The van der Waals surface area contributed by atoms with Crippen LogP contribution < -0.4 is 10.2 Å². The van der Waals surface area contributed by atoms with Crippen LogP contribution in [-0.4, -0.2) is 66.2 Å². The van der Waals surface area contributed by atoms with E-state index in [2.05, 4.69) is 26.5 Å². The first-order valence-electron chi connectivity index (χ1n) is 10.7.